The Morgan fingerprint density at radius 2 is 1.10 bits per heavy atom. The first kappa shape index (κ1) is 18.1. The zero-order chi connectivity index (χ0) is 15.4. The van der Waals surface area contributed by atoms with E-state index in [-0.39, 0.29) is 12.8 Å². The number of unbranched alkanes of at least 4 members (excludes halogenated alkanes) is 1. The Bertz CT molecular complexity index is 365. The van der Waals surface area contributed by atoms with Crippen LogP contribution in [0, 0.1) is 0 Å². The minimum atomic E-state index is -0.870. The van der Waals surface area contributed by atoms with Crippen molar-refractivity contribution in [2.75, 3.05) is 0 Å². The normalized spacial score (nSPS) is 9.50. The topological polar surface area (TPSA) is 127 Å². The van der Waals surface area contributed by atoms with Crippen molar-refractivity contribution in [1.82, 2.24) is 0 Å². The second-order valence-corrected chi connectivity index (χ2v) is 4.22. The van der Waals surface area contributed by atoms with Crippen molar-refractivity contribution in [3.63, 3.8) is 0 Å². The van der Waals surface area contributed by atoms with E-state index in [4.69, 9.17) is 21.7 Å². The lowest BCUT2D eigenvalue weighted by molar-refractivity contribution is -0.139. The fraction of sp³-hybridized carbons (Fsp3) is 0.429. The number of benzene rings is 1. The molecule has 0 spiro atoms. The maximum absolute atomic E-state index is 9.90. The highest BCUT2D eigenvalue weighted by atomic mass is 16.4. The summed E-state index contributed by atoms with van der Waals surface area (Å²) >= 11 is 0. The van der Waals surface area contributed by atoms with Gasteiger partial charge in [-0.15, -0.1) is 0 Å². The van der Waals surface area contributed by atoms with Gasteiger partial charge in [-0.3, -0.25) is 9.59 Å². The van der Waals surface area contributed by atoms with Crippen LogP contribution < -0.4 is 11.5 Å². The molecule has 20 heavy (non-hydrogen) atoms. The maximum Gasteiger partial charge on any atom is 0.303 e. The van der Waals surface area contributed by atoms with E-state index >= 15 is 0 Å². The quantitative estimate of drug-likeness (QED) is 0.559. The van der Waals surface area contributed by atoms with E-state index in [1.807, 2.05) is 24.3 Å². The number of aliphatic carboxylic acids is 2. The number of nitrogens with two attached hydrogens (primary N) is 2. The van der Waals surface area contributed by atoms with Crippen molar-refractivity contribution < 1.29 is 19.8 Å². The molecule has 0 heterocycles. The molecule has 0 saturated carbocycles. The molecule has 0 aliphatic rings. The summed E-state index contributed by atoms with van der Waals surface area (Å²) in [4.78, 5) is 19.8. The van der Waals surface area contributed by atoms with Crippen molar-refractivity contribution >= 4 is 11.9 Å². The van der Waals surface area contributed by atoms with Gasteiger partial charge in [0.25, 0.3) is 0 Å². The first-order valence-electron chi connectivity index (χ1n) is 6.41. The molecule has 0 amide bonds. The minimum Gasteiger partial charge on any atom is -0.481 e. The number of carboxylic acid groups (broad SMARTS) is 2. The summed E-state index contributed by atoms with van der Waals surface area (Å²) in [6.45, 7) is 1.20. The predicted molar refractivity (Wildman–Crippen MR) is 76.0 cm³/mol. The van der Waals surface area contributed by atoms with E-state index in [1.165, 1.54) is 0 Å². The van der Waals surface area contributed by atoms with Crippen LogP contribution in [0.5, 0.6) is 0 Å². The van der Waals surface area contributed by atoms with Crippen LogP contribution in [0.2, 0.25) is 0 Å². The lowest BCUT2D eigenvalue weighted by atomic mass is 10.1. The largest absolute Gasteiger partial charge is 0.481 e. The minimum absolute atomic E-state index is 0.0628. The highest BCUT2D eigenvalue weighted by Crippen LogP contribution is 2.01. The SMILES string of the molecule is NCc1ccc(CN)cc1.O=C(O)CCCCC(=O)O. The smallest absolute Gasteiger partial charge is 0.303 e. The van der Waals surface area contributed by atoms with Gasteiger partial charge >= 0.3 is 11.9 Å². The zero-order valence-electron chi connectivity index (χ0n) is 11.4. The van der Waals surface area contributed by atoms with E-state index in [9.17, 15) is 9.59 Å². The molecular formula is C14H22N2O4. The van der Waals surface area contributed by atoms with Crippen LogP contribution in [0.25, 0.3) is 0 Å². The molecule has 1 aromatic carbocycles. The lowest BCUT2D eigenvalue weighted by Crippen LogP contribution is -1.98. The second kappa shape index (κ2) is 11.0. The van der Waals surface area contributed by atoms with Crippen molar-refractivity contribution in [2.45, 2.75) is 38.8 Å². The molecule has 0 aromatic heterocycles. The van der Waals surface area contributed by atoms with Crippen LogP contribution in [0.3, 0.4) is 0 Å². The Morgan fingerprint density at radius 1 is 0.800 bits per heavy atom. The van der Waals surface area contributed by atoms with Crippen LogP contribution in [-0.2, 0) is 22.7 Å². The highest BCUT2D eigenvalue weighted by molar-refractivity contribution is 5.67. The summed E-state index contributed by atoms with van der Waals surface area (Å²) in [6.07, 6.45) is 1.02. The van der Waals surface area contributed by atoms with Crippen LogP contribution in [0.15, 0.2) is 24.3 Å². The molecule has 6 heteroatoms. The summed E-state index contributed by atoms with van der Waals surface area (Å²) in [5, 5.41) is 16.3. The van der Waals surface area contributed by atoms with Gasteiger partial charge in [-0.25, -0.2) is 0 Å². The van der Waals surface area contributed by atoms with Crippen LogP contribution in [-0.4, -0.2) is 22.2 Å². The third kappa shape index (κ3) is 10.0. The van der Waals surface area contributed by atoms with Crippen LogP contribution >= 0.6 is 0 Å². The van der Waals surface area contributed by atoms with Gasteiger partial charge in [0.2, 0.25) is 0 Å². The number of carboxylic acids is 2. The van der Waals surface area contributed by atoms with E-state index in [0.29, 0.717) is 25.9 Å². The van der Waals surface area contributed by atoms with E-state index < -0.39 is 11.9 Å². The van der Waals surface area contributed by atoms with Crippen molar-refractivity contribution in [2.24, 2.45) is 11.5 Å². The Hall–Kier alpha value is -1.92. The van der Waals surface area contributed by atoms with Gasteiger partial charge in [0, 0.05) is 25.9 Å². The number of rotatable bonds is 7. The van der Waals surface area contributed by atoms with Gasteiger partial charge in [0.05, 0.1) is 0 Å². The summed E-state index contributed by atoms with van der Waals surface area (Å²) < 4.78 is 0. The third-order valence-electron chi connectivity index (χ3n) is 2.53. The Kier molecular flexibility index (Phi) is 9.90. The summed E-state index contributed by atoms with van der Waals surface area (Å²) in [7, 11) is 0. The third-order valence-corrected chi connectivity index (χ3v) is 2.53. The predicted octanol–water partition coefficient (Wildman–Crippen LogP) is 1.32. The number of hydrogen-bond acceptors (Lipinski definition) is 4. The molecule has 0 radical (unpaired) electrons. The average Bonchev–Trinajstić information content (AvgIpc) is 2.44. The Morgan fingerprint density at radius 3 is 1.30 bits per heavy atom. The molecule has 112 valence electrons. The van der Waals surface area contributed by atoms with Gasteiger partial charge in [0.15, 0.2) is 0 Å². The fourth-order valence-corrected chi connectivity index (χ4v) is 1.36. The number of hydrogen-bond donors (Lipinski definition) is 4. The first-order chi connectivity index (χ1) is 9.49. The monoisotopic (exact) mass is 282 g/mol. The average molecular weight is 282 g/mol. The molecule has 0 aliphatic heterocycles. The van der Waals surface area contributed by atoms with Crippen molar-refractivity contribution in [3.05, 3.63) is 35.4 Å². The molecule has 1 rings (SSSR count). The van der Waals surface area contributed by atoms with Gasteiger partial charge in [-0.2, -0.15) is 0 Å². The standard InChI is InChI=1S/C8H12N2.C6H10O4/c9-5-7-1-2-8(6-10)4-3-7;7-5(8)3-1-2-4-6(9)10/h1-4H,5-6,9-10H2;1-4H2,(H,7,8)(H,9,10). The second-order valence-electron chi connectivity index (χ2n) is 4.22. The summed E-state index contributed by atoms with van der Waals surface area (Å²) in [5.41, 5.74) is 13.1. The van der Waals surface area contributed by atoms with Gasteiger partial charge < -0.3 is 21.7 Å². The lowest BCUT2D eigenvalue weighted by Gasteiger charge is -1.97. The molecule has 0 aliphatic carbocycles. The molecule has 0 unspecified atom stereocenters. The van der Waals surface area contributed by atoms with Gasteiger partial charge in [-0.1, -0.05) is 24.3 Å². The van der Waals surface area contributed by atoms with Gasteiger partial charge in [-0.05, 0) is 24.0 Å². The molecule has 6 N–H and O–H groups in total. The maximum atomic E-state index is 9.90. The molecule has 0 bridgehead atoms. The fourth-order valence-electron chi connectivity index (χ4n) is 1.36. The van der Waals surface area contributed by atoms with Crippen LogP contribution in [0.1, 0.15) is 36.8 Å². The van der Waals surface area contributed by atoms with Gasteiger partial charge in [0.1, 0.15) is 0 Å². The van der Waals surface area contributed by atoms with E-state index in [2.05, 4.69) is 0 Å². The highest BCUT2D eigenvalue weighted by Gasteiger charge is 1.99. The zero-order valence-corrected chi connectivity index (χ0v) is 11.4. The summed E-state index contributed by atoms with van der Waals surface area (Å²) in [5.74, 6) is -1.74. The summed E-state index contributed by atoms with van der Waals surface area (Å²) in [6, 6.07) is 8.01. The molecule has 0 saturated heterocycles. The molecule has 6 nitrogen and oxygen atoms in total. The first-order valence-corrected chi connectivity index (χ1v) is 6.41. The van der Waals surface area contributed by atoms with Crippen LogP contribution in [0.4, 0.5) is 0 Å². The Balaban J connectivity index is 0.000000361. The van der Waals surface area contributed by atoms with Crippen molar-refractivity contribution in [1.29, 1.82) is 0 Å². The molecule has 1 aromatic rings. The Labute approximate surface area is 118 Å². The molecule has 0 fully saturated rings. The molecule has 0 atom stereocenters. The molecular weight excluding hydrogens is 260 g/mol. The van der Waals surface area contributed by atoms with Crippen molar-refractivity contribution in [3.8, 4) is 0 Å². The van der Waals surface area contributed by atoms with E-state index in [0.717, 1.165) is 11.1 Å². The number of carbonyl (C=O) groups is 2. The van der Waals surface area contributed by atoms with E-state index in [1.54, 1.807) is 0 Å².